The Bertz CT molecular complexity index is 531. The van der Waals surface area contributed by atoms with Crippen LogP contribution in [0.15, 0.2) is 48.5 Å². The minimum Gasteiger partial charge on any atom is -0.454 e. The first-order valence-electron chi connectivity index (χ1n) is 6.50. The Morgan fingerprint density at radius 3 is 2.60 bits per heavy atom. The maximum atomic E-state index is 13.9. The lowest BCUT2D eigenvalue weighted by atomic mass is 10.2. The first-order valence-corrected chi connectivity index (χ1v) is 6.50. The first kappa shape index (κ1) is 14.5. The van der Waals surface area contributed by atoms with Crippen LogP contribution in [0.5, 0.6) is 11.5 Å². The van der Waals surface area contributed by atoms with E-state index in [2.05, 4.69) is 5.32 Å². The predicted molar refractivity (Wildman–Crippen MR) is 76.5 cm³/mol. The summed E-state index contributed by atoms with van der Waals surface area (Å²) in [6.07, 6.45) is 0. The third kappa shape index (κ3) is 4.33. The number of methoxy groups -OCH3 is 1. The van der Waals surface area contributed by atoms with E-state index in [4.69, 9.17) is 9.47 Å². The van der Waals surface area contributed by atoms with Crippen molar-refractivity contribution in [1.82, 2.24) is 5.32 Å². The molecule has 1 N–H and O–H groups in total. The van der Waals surface area contributed by atoms with Gasteiger partial charge in [-0.15, -0.1) is 0 Å². The molecule has 0 fully saturated rings. The standard InChI is InChI=1S/C16H18FNO2/c1-19-10-9-18-12-13-7-8-16(15(17)11-13)20-14-5-3-2-4-6-14/h2-8,11,18H,9-10,12H2,1H3. The van der Waals surface area contributed by atoms with Crippen LogP contribution in [0.3, 0.4) is 0 Å². The van der Waals surface area contributed by atoms with E-state index in [1.54, 1.807) is 25.3 Å². The van der Waals surface area contributed by atoms with Crippen LogP contribution >= 0.6 is 0 Å². The lowest BCUT2D eigenvalue weighted by molar-refractivity contribution is 0.199. The van der Waals surface area contributed by atoms with E-state index in [0.717, 1.165) is 12.1 Å². The molecule has 0 aliphatic heterocycles. The molecule has 106 valence electrons. The first-order chi connectivity index (χ1) is 9.79. The van der Waals surface area contributed by atoms with Gasteiger partial charge in [0.1, 0.15) is 5.75 Å². The Labute approximate surface area is 118 Å². The minimum absolute atomic E-state index is 0.233. The average molecular weight is 275 g/mol. The van der Waals surface area contributed by atoms with Crippen LogP contribution in [-0.2, 0) is 11.3 Å². The highest BCUT2D eigenvalue weighted by molar-refractivity contribution is 5.34. The van der Waals surface area contributed by atoms with E-state index in [9.17, 15) is 4.39 Å². The van der Waals surface area contributed by atoms with Crippen molar-refractivity contribution in [2.45, 2.75) is 6.54 Å². The van der Waals surface area contributed by atoms with Crippen LogP contribution in [0.25, 0.3) is 0 Å². The molecular weight excluding hydrogens is 257 g/mol. The number of rotatable bonds is 7. The molecule has 0 radical (unpaired) electrons. The summed E-state index contributed by atoms with van der Waals surface area (Å²) in [5, 5.41) is 3.17. The second-order valence-corrected chi connectivity index (χ2v) is 4.35. The molecule has 0 saturated heterocycles. The number of ether oxygens (including phenoxy) is 2. The molecule has 3 nitrogen and oxygen atoms in total. The molecule has 2 rings (SSSR count). The van der Waals surface area contributed by atoms with Crippen LogP contribution < -0.4 is 10.1 Å². The zero-order chi connectivity index (χ0) is 14.2. The Morgan fingerprint density at radius 2 is 1.90 bits per heavy atom. The third-order valence-corrected chi connectivity index (χ3v) is 2.78. The lowest BCUT2D eigenvalue weighted by Crippen LogP contribution is -2.18. The van der Waals surface area contributed by atoms with Crippen molar-refractivity contribution in [3.8, 4) is 11.5 Å². The summed E-state index contributed by atoms with van der Waals surface area (Å²) in [5.41, 5.74) is 0.874. The Morgan fingerprint density at radius 1 is 1.10 bits per heavy atom. The highest BCUT2D eigenvalue weighted by Gasteiger charge is 2.05. The van der Waals surface area contributed by atoms with Crippen LogP contribution in [0.4, 0.5) is 4.39 Å². The van der Waals surface area contributed by atoms with Crippen molar-refractivity contribution in [2.24, 2.45) is 0 Å². The Hall–Kier alpha value is -1.91. The van der Waals surface area contributed by atoms with E-state index in [1.165, 1.54) is 6.07 Å². The normalized spacial score (nSPS) is 10.5. The van der Waals surface area contributed by atoms with Crippen molar-refractivity contribution in [2.75, 3.05) is 20.3 Å². The van der Waals surface area contributed by atoms with Gasteiger partial charge in [-0.3, -0.25) is 0 Å². The summed E-state index contributed by atoms with van der Waals surface area (Å²) in [5.74, 6) is 0.495. The van der Waals surface area contributed by atoms with Crippen molar-refractivity contribution in [3.63, 3.8) is 0 Å². The number of nitrogens with one attached hydrogen (secondary N) is 1. The molecule has 0 unspecified atom stereocenters. The lowest BCUT2D eigenvalue weighted by Gasteiger charge is -2.09. The van der Waals surface area contributed by atoms with Crippen LogP contribution in [0.2, 0.25) is 0 Å². The van der Waals surface area contributed by atoms with Gasteiger partial charge in [-0.25, -0.2) is 4.39 Å². The minimum atomic E-state index is -0.361. The van der Waals surface area contributed by atoms with Gasteiger partial charge in [-0.1, -0.05) is 24.3 Å². The smallest absolute Gasteiger partial charge is 0.166 e. The van der Waals surface area contributed by atoms with Gasteiger partial charge in [0.25, 0.3) is 0 Å². The van der Waals surface area contributed by atoms with E-state index in [1.807, 2.05) is 24.3 Å². The van der Waals surface area contributed by atoms with Crippen LogP contribution in [0, 0.1) is 5.82 Å². The molecule has 0 amide bonds. The highest BCUT2D eigenvalue weighted by atomic mass is 19.1. The summed E-state index contributed by atoms with van der Waals surface area (Å²) in [7, 11) is 1.65. The molecule has 0 atom stereocenters. The Kier molecular flexibility index (Phi) is 5.53. The van der Waals surface area contributed by atoms with Crippen molar-refractivity contribution >= 4 is 0 Å². The summed E-state index contributed by atoms with van der Waals surface area (Å²) < 4.78 is 24.4. The van der Waals surface area contributed by atoms with Crippen molar-refractivity contribution in [3.05, 3.63) is 59.9 Å². The third-order valence-electron chi connectivity index (χ3n) is 2.78. The zero-order valence-corrected chi connectivity index (χ0v) is 11.4. The molecule has 2 aromatic rings. The molecular formula is C16H18FNO2. The number of hydrogen-bond acceptors (Lipinski definition) is 3. The van der Waals surface area contributed by atoms with Crippen molar-refractivity contribution < 1.29 is 13.9 Å². The van der Waals surface area contributed by atoms with Gasteiger partial charge in [0, 0.05) is 20.2 Å². The molecule has 4 heteroatoms. The second kappa shape index (κ2) is 7.62. The molecule has 0 heterocycles. The molecule has 0 bridgehead atoms. The Balaban J connectivity index is 1.95. The van der Waals surface area contributed by atoms with Gasteiger partial charge >= 0.3 is 0 Å². The summed E-state index contributed by atoms with van der Waals surface area (Å²) in [4.78, 5) is 0. The monoisotopic (exact) mass is 275 g/mol. The quantitative estimate of drug-likeness (QED) is 0.786. The predicted octanol–water partition coefficient (Wildman–Crippen LogP) is 3.35. The fourth-order valence-electron chi connectivity index (χ4n) is 1.76. The maximum absolute atomic E-state index is 13.9. The molecule has 0 aliphatic rings. The van der Waals surface area contributed by atoms with Crippen LogP contribution in [0.1, 0.15) is 5.56 Å². The van der Waals surface area contributed by atoms with E-state index >= 15 is 0 Å². The molecule has 0 aliphatic carbocycles. The molecule has 0 aromatic heterocycles. The SMILES string of the molecule is COCCNCc1ccc(Oc2ccccc2)c(F)c1. The summed E-state index contributed by atoms with van der Waals surface area (Å²) in [6, 6.07) is 14.1. The van der Waals surface area contributed by atoms with Crippen LogP contribution in [-0.4, -0.2) is 20.3 Å². The number of benzene rings is 2. The summed E-state index contributed by atoms with van der Waals surface area (Å²) >= 11 is 0. The van der Waals surface area contributed by atoms with Crippen molar-refractivity contribution in [1.29, 1.82) is 0 Å². The average Bonchev–Trinajstić information content (AvgIpc) is 2.47. The van der Waals surface area contributed by atoms with E-state index in [0.29, 0.717) is 18.9 Å². The molecule has 0 spiro atoms. The van der Waals surface area contributed by atoms with E-state index in [-0.39, 0.29) is 11.6 Å². The topological polar surface area (TPSA) is 30.5 Å². The number of hydrogen-bond donors (Lipinski definition) is 1. The largest absolute Gasteiger partial charge is 0.454 e. The van der Waals surface area contributed by atoms with Gasteiger partial charge in [-0.05, 0) is 29.8 Å². The molecule has 2 aromatic carbocycles. The van der Waals surface area contributed by atoms with Gasteiger partial charge in [-0.2, -0.15) is 0 Å². The summed E-state index contributed by atoms with van der Waals surface area (Å²) in [6.45, 7) is 1.98. The number of halogens is 1. The maximum Gasteiger partial charge on any atom is 0.166 e. The van der Waals surface area contributed by atoms with Gasteiger partial charge < -0.3 is 14.8 Å². The van der Waals surface area contributed by atoms with Gasteiger partial charge in [0.05, 0.1) is 6.61 Å². The highest BCUT2D eigenvalue weighted by Crippen LogP contribution is 2.24. The molecule has 20 heavy (non-hydrogen) atoms. The zero-order valence-electron chi connectivity index (χ0n) is 11.4. The van der Waals surface area contributed by atoms with E-state index < -0.39 is 0 Å². The fourth-order valence-corrected chi connectivity index (χ4v) is 1.76. The van der Waals surface area contributed by atoms with Gasteiger partial charge in [0.2, 0.25) is 0 Å². The number of para-hydroxylation sites is 1. The molecule has 0 saturated carbocycles. The fraction of sp³-hybridized carbons (Fsp3) is 0.250. The second-order valence-electron chi connectivity index (χ2n) is 4.35. The van der Waals surface area contributed by atoms with Gasteiger partial charge in [0.15, 0.2) is 11.6 Å².